The topological polar surface area (TPSA) is 89.0 Å². The molecule has 1 N–H and O–H groups in total. The van der Waals surface area contributed by atoms with Gasteiger partial charge in [-0.3, -0.25) is 9.59 Å². The summed E-state index contributed by atoms with van der Waals surface area (Å²) in [5, 5.41) is 10.4. The third kappa shape index (κ3) is 9.70. The molecule has 1 atom stereocenters. The van der Waals surface area contributed by atoms with Crippen LogP contribution in [-0.4, -0.2) is 51.5 Å². The van der Waals surface area contributed by atoms with Crippen molar-refractivity contribution < 1.29 is 24.2 Å². The molecular weight excluding hydrogens is 569 g/mol. The van der Waals surface area contributed by atoms with Crippen molar-refractivity contribution in [2.45, 2.75) is 44.0 Å². The van der Waals surface area contributed by atoms with E-state index < -0.39 is 5.97 Å². The van der Waals surface area contributed by atoms with Crippen molar-refractivity contribution in [1.82, 2.24) is 9.88 Å². The number of carbonyl (C=O) groups is 2. The van der Waals surface area contributed by atoms with Crippen molar-refractivity contribution in [3.05, 3.63) is 96.2 Å². The fraction of sp³-hybridized carbons (Fsp3) is 0.303. The number of para-hydroxylation sites is 1. The van der Waals surface area contributed by atoms with E-state index in [9.17, 15) is 14.7 Å². The van der Waals surface area contributed by atoms with Crippen LogP contribution in [0.25, 0.3) is 10.9 Å². The number of nitrogens with zero attached hydrogens (tertiary/aromatic N) is 2. The van der Waals surface area contributed by atoms with Crippen molar-refractivity contribution >= 4 is 44.4 Å². The Morgan fingerprint density at radius 3 is 2.43 bits per heavy atom. The Kier molecular flexibility index (Phi) is 11.1. The number of ether oxygens (including phenoxy) is 2. The van der Waals surface area contributed by atoms with Crippen LogP contribution in [0.4, 0.5) is 0 Å². The van der Waals surface area contributed by atoms with E-state index in [0.29, 0.717) is 48.9 Å². The van der Waals surface area contributed by atoms with E-state index in [2.05, 4.69) is 11.9 Å². The highest BCUT2D eigenvalue weighted by Gasteiger charge is 2.27. The lowest BCUT2D eigenvalue weighted by atomic mass is 9.95. The van der Waals surface area contributed by atoms with Crippen molar-refractivity contribution in [3.8, 4) is 17.2 Å². The molecule has 4 rings (SSSR count). The molecule has 1 heterocycles. The summed E-state index contributed by atoms with van der Waals surface area (Å²) in [6.45, 7) is 2.43. The van der Waals surface area contributed by atoms with Crippen molar-refractivity contribution in [1.29, 1.82) is 0 Å². The van der Waals surface area contributed by atoms with Crippen molar-refractivity contribution in [3.63, 3.8) is 0 Å². The monoisotopic (exact) mass is 604 g/mol. The molecule has 4 aromatic rings. The number of hydrogen-bond donors (Lipinski definition) is 1. The Hall–Kier alpha value is -3.69. The highest BCUT2D eigenvalue weighted by molar-refractivity contribution is 8.77. The van der Waals surface area contributed by atoms with Crippen LogP contribution in [0, 0.1) is 0 Å². The summed E-state index contributed by atoms with van der Waals surface area (Å²) in [4.78, 5) is 29.5. The fourth-order valence-corrected chi connectivity index (χ4v) is 7.14. The third-order valence-electron chi connectivity index (χ3n) is 6.59. The standard InChI is InChI=1S/C33H36N2O5S2/c1-33(18-16-32(37)38,42-41-19-17-31(36)35(2)3)22-24-8-6-11-28(20-24)40-29-12-7-10-27(21-29)39-23-26-15-14-25-9-4-5-13-30(25)34-26/h4-15,20-21H,16-19,22-23H2,1-3H3,(H,37,38). The number of fused-ring (bicyclic) bond motifs is 1. The molecule has 1 amide bonds. The molecule has 9 heteroatoms. The van der Waals surface area contributed by atoms with Gasteiger partial charge in [0.15, 0.2) is 0 Å². The van der Waals surface area contributed by atoms with Crippen LogP contribution >= 0.6 is 21.6 Å². The largest absolute Gasteiger partial charge is 0.487 e. The Bertz CT molecular complexity index is 1510. The number of aliphatic carboxylic acids is 1. The molecule has 42 heavy (non-hydrogen) atoms. The van der Waals surface area contributed by atoms with Crippen LogP contribution < -0.4 is 9.47 Å². The lowest BCUT2D eigenvalue weighted by Gasteiger charge is -2.28. The van der Waals surface area contributed by atoms with E-state index in [-0.39, 0.29) is 17.1 Å². The predicted octanol–water partition coefficient (Wildman–Crippen LogP) is 7.63. The second kappa shape index (κ2) is 15.0. The average Bonchev–Trinajstić information content (AvgIpc) is 2.97. The molecule has 0 radical (unpaired) electrons. The summed E-state index contributed by atoms with van der Waals surface area (Å²) in [6.07, 6.45) is 1.71. The van der Waals surface area contributed by atoms with Gasteiger partial charge in [-0.15, -0.1) is 0 Å². The summed E-state index contributed by atoms with van der Waals surface area (Å²) in [5.74, 6) is 1.96. The predicted molar refractivity (Wildman–Crippen MR) is 171 cm³/mol. The molecule has 0 aliphatic carbocycles. The maximum atomic E-state index is 11.9. The van der Waals surface area contributed by atoms with Gasteiger partial charge in [0, 0.05) is 48.9 Å². The maximum absolute atomic E-state index is 11.9. The number of carbonyl (C=O) groups excluding carboxylic acids is 1. The highest BCUT2D eigenvalue weighted by Crippen LogP contribution is 2.42. The van der Waals surface area contributed by atoms with Crippen molar-refractivity contribution in [2.24, 2.45) is 0 Å². The number of pyridine rings is 1. The molecule has 1 aromatic heterocycles. The highest BCUT2D eigenvalue weighted by atomic mass is 33.1. The summed E-state index contributed by atoms with van der Waals surface area (Å²) in [7, 11) is 6.76. The number of benzene rings is 3. The second-order valence-electron chi connectivity index (χ2n) is 10.5. The molecule has 3 aromatic carbocycles. The Balaban J connectivity index is 1.37. The van der Waals surface area contributed by atoms with Crippen LogP contribution in [0.1, 0.15) is 37.4 Å². The average molecular weight is 605 g/mol. The van der Waals surface area contributed by atoms with Gasteiger partial charge in [-0.2, -0.15) is 0 Å². The molecule has 0 aliphatic heterocycles. The molecule has 0 saturated carbocycles. The lowest BCUT2D eigenvalue weighted by molar-refractivity contribution is -0.137. The first kappa shape index (κ1) is 31.3. The summed E-state index contributed by atoms with van der Waals surface area (Å²) in [6, 6.07) is 27.4. The van der Waals surface area contributed by atoms with Crippen LogP contribution in [0.15, 0.2) is 84.9 Å². The summed E-state index contributed by atoms with van der Waals surface area (Å²) in [5.41, 5.74) is 2.83. The number of carboxylic acid groups (broad SMARTS) is 1. The van der Waals surface area contributed by atoms with Crippen LogP contribution in [0.5, 0.6) is 17.2 Å². The zero-order valence-electron chi connectivity index (χ0n) is 24.1. The Morgan fingerprint density at radius 2 is 1.64 bits per heavy atom. The Labute approximate surface area is 255 Å². The first-order valence-corrected chi connectivity index (χ1v) is 16.1. The van der Waals surface area contributed by atoms with E-state index in [4.69, 9.17) is 9.47 Å². The van der Waals surface area contributed by atoms with E-state index in [0.717, 1.165) is 22.2 Å². The molecule has 7 nitrogen and oxygen atoms in total. The van der Waals surface area contributed by atoms with Gasteiger partial charge in [0.1, 0.15) is 23.9 Å². The maximum Gasteiger partial charge on any atom is 0.303 e. The van der Waals surface area contributed by atoms with Crippen LogP contribution in [0.3, 0.4) is 0 Å². The zero-order chi connectivity index (χ0) is 30.0. The van der Waals surface area contributed by atoms with Gasteiger partial charge in [-0.1, -0.05) is 64.1 Å². The summed E-state index contributed by atoms with van der Waals surface area (Å²) < 4.78 is 11.9. The first-order valence-electron chi connectivity index (χ1n) is 13.8. The normalized spacial score (nSPS) is 12.5. The van der Waals surface area contributed by atoms with Crippen LogP contribution in [-0.2, 0) is 22.6 Å². The smallest absolute Gasteiger partial charge is 0.303 e. The second-order valence-corrected chi connectivity index (χ2v) is 13.5. The fourth-order valence-electron chi connectivity index (χ4n) is 4.33. The van der Waals surface area contributed by atoms with Gasteiger partial charge >= 0.3 is 5.97 Å². The van der Waals surface area contributed by atoms with Gasteiger partial charge < -0.3 is 19.5 Å². The zero-order valence-corrected chi connectivity index (χ0v) is 25.7. The minimum Gasteiger partial charge on any atom is -0.487 e. The number of carboxylic acids is 1. The molecule has 0 fully saturated rings. The molecule has 1 unspecified atom stereocenters. The van der Waals surface area contributed by atoms with E-state index >= 15 is 0 Å². The third-order valence-corrected chi connectivity index (χ3v) is 9.89. The number of rotatable bonds is 15. The molecule has 0 bridgehead atoms. The first-order chi connectivity index (χ1) is 20.2. The van der Waals surface area contributed by atoms with Gasteiger partial charge in [-0.05, 0) is 61.7 Å². The number of hydrogen-bond acceptors (Lipinski definition) is 7. The minimum atomic E-state index is -0.815. The summed E-state index contributed by atoms with van der Waals surface area (Å²) >= 11 is 0. The van der Waals surface area contributed by atoms with Crippen LogP contribution in [0.2, 0.25) is 0 Å². The van der Waals surface area contributed by atoms with E-state index in [1.165, 1.54) is 0 Å². The lowest BCUT2D eigenvalue weighted by Crippen LogP contribution is -2.24. The van der Waals surface area contributed by atoms with Crippen molar-refractivity contribution in [2.75, 3.05) is 19.8 Å². The van der Waals surface area contributed by atoms with Gasteiger partial charge in [0.25, 0.3) is 0 Å². The molecular formula is C33H36N2O5S2. The van der Waals surface area contributed by atoms with E-state index in [1.54, 1.807) is 40.6 Å². The Morgan fingerprint density at radius 1 is 0.905 bits per heavy atom. The molecule has 220 valence electrons. The molecule has 0 spiro atoms. The van der Waals surface area contributed by atoms with E-state index in [1.807, 2.05) is 84.9 Å². The quantitative estimate of drug-likeness (QED) is 0.109. The number of aromatic nitrogens is 1. The van der Waals surface area contributed by atoms with Gasteiger partial charge in [0.05, 0.1) is 11.2 Å². The SMILES string of the molecule is CN(C)C(=O)CCSSC(C)(CCC(=O)O)Cc1cccc(Oc2cccc(OCc3ccc4ccccc4n3)c2)c1. The van der Waals surface area contributed by atoms with Gasteiger partial charge in [0.2, 0.25) is 5.91 Å². The van der Waals surface area contributed by atoms with Gasteiger partial charge in [-0.25, -0.2) is 4.98 Å². The number of amides is 1. The minimum absolute atomic E-state index is 0.0817. The molecule has 0 aliphatic rings. The molecule has 0 saturated heterocycles.